The Morgan fingerprint density at radius 3 is 1.14 bits per heavy atom. The van der Waals surface area contributed by atoms with Gasteiger partial charge in [0.25, 0.3) is 0 Å². The van der Waals surface area contributed by atoms with Crippen molar-refractivity contribution in [1.82, 2.24) is 0 Å². The molecule has 0 aromatic carbocycles. The van der Waals surface area contributed by atoms with Crippen LogP contribution in [0.3, 0.4) is 0 Å². The van der Waals surface area contributed by atoms with E-state index >= 15 is 0 Å². The molecular weight excluding hydrogens is 288 g/mol. The fourth-order valence-corrected chi connectivity index (χ4v) is 15.3. The van der Waals surface area contributed by atoms with Crippen LogP contribution in [-0.4, -0.2) is 0 Å². The quantitative estimate of drug-likeness (QED) is 0.509. The van der Waals surface area contributed by atoms with E-state index < -0.39 is 16.6 Å². The molecule has 0 saturated carbocycles. The second kappa shape index (κ2) is 4.83. The Labute approximate surface area is 134 Å². The van der Waals surface area contributed by atoms with Crippen LogP contribution in [0.15, 0.2) is 41.2 Å². The van der Waals surface area contributed by atoms with Gasteiger partial charge in [0.15, 0.2) is 0 Å². The van der Waals surface area contributed by atoms with Crippen molar-refractivity contribution >= 4 is 0 Å². The Kier molecular flexibility index (Phi) is 3.58. The van der Waals surface area contributed by atoms with Crippen molar-refractivity contribution in [3.63, 3.8) is 0 Å². The molecule has 3 aliphatic rings. The van der Waals surface area contributed by atoms with Gasteiger partial charge in [0.05, 0.1) is 0 Å². The molecule has 0 amide bonds. The first kappa shape index (κ1) is 15.6. The summed E-state index contributed by atoms with van der Waals surface area (Å²) >= 11 is -1.93. The summed E-state index contributed by atoms with van der Waals surface area (Å²) in [5, 5.41) is 0. The molecule has 0 N–H and O–H groups in total. The molecule has 1 heterocycles. The van der Waals surface area contributed by atoms with Crippen molar-refractivity contribution in [3.8, 4) is 0 Å². The summed E-state index contributed by atoms with van der Waals surface area (Å²) in [6, 6.07) is 0. The van der Waals surface area contributed by atoms with Crippen LogP contribution in [0.4, 0.5) is 0 Å². The molecular formula is C20H30Ti. The molecule has 3 rings (SSSR count). The fraction of sp³-hybridized carbons (Fsp3) is 0.600. The summed E-state index contributed by atoms with van der Waals surface area (Å²) in [5.74, 6) is 1.45. The summed E-state index contributed by atoms with van der Waals surface area (Å²) in [6.07, 6.45) is 0. The molecule has 0 aromatic heterocycles. The van der Waals surface area contributed by atoms with Gasteiger partial charge in [-0.1, -0.05) is 0 Å². The normalized spacial score (nSPS) is 32.0. The van der Waals surface area contributed by atoms with Crippen LogP contribution in [0, 0.1) is 11.8 Å². The van der Waals surface area contributed by atoms with Crippen LogP contribution >= 0.6 is 0 Å². The van der Waals surface area contributed by atoms with E-state index in [2.05, 4.69) is 55.4 Å². The van der Waals surface area contributed by atoms with Crippen molar-refractivity contribution in [2.24, 2.45) is 11.8 Å². The summed E-state index contributed by atoms with van der Waals surface area (Å²) in [7, 11) is 0. The van der Waals surface area contributed by atoms with E-state index in [0.29, 0.717) is 0 Å². The van der Waals surface area contributed by atoms with Crippen LogP contribution in [0.25, 0.3) is 0 Å². The van der Waals surface area contributed by atoms with Crippen LogP contribution in [0.2, 0.25) is 9.45 Å². The molecule has 2 unspecified atom stereocenters. The average Bonchev–Trinajstić information content (AvgIpc) is 3.16. The van der Waals surface area contributed by atoms with E-state index in [4.69, 9.17) is 0 Å². The second-order valence-corrected chi connectivity index (χ2v) is 14.3. The van der Waals surface area contributed by atoms with E-state index in [1.165, 1.54) is 0 Å². The Hall–Kier alpha value is -0.326. The zero-order valence-corrected chi connectivity index (χ0v) is 16.6. The second-order valence-electron chi connectivity index (χ2n) is 7.72. The van der Waals surface area contributed by atoms with Gasteiger partial charge in [0, 0.05) is 0 Å². The summed E-state index contributed by atoms with van der Waals surface area (Å²) in [4.78, 5) is 0. The standard InChI is InChI=1S/2C9H13.C2H4.Ti/c2*1-6-5-7(2)9(4)8(6)3;1-2;/h2*6H,1-4H3;1-2H2;. The van der Waals surface area contributed by atoms with Crippen LogP contribution in [-0.2, 0) is 16.6 Å². The predicted octanol–water partition coefficient (Wildman–Crippen LogP) is 6.51. The molecule has 0 nitrogen and oxygen atoms in total. The van der Waals surface area contributed by atoms with Crippen molar-refractivity contribution < 1.29 is 16.6 Å². The van der Waals surface area contributed by atoms with Gasteiger partial charge >= 0.3 is 134 Å². The zero-order valence-electron chi connectivity index (χ0n) is 15.1. The van der Waals surface area contributed by atoms with E-state index in [9.17, 15) is 0 Å². The van der Waals surface area contributed by atoms with Crippen LogP contribution in [0.5, 0.6) is 0 Å². The molecule has 0 aromatic rings. The first-order chi connectivity index (χ1) is 9.74. The molecule has 1 aliphatic heterocycles. The molecule has 0 radical (unpaired) electrons. The van der Waals surface area contributed by atoms with E-state index in [-0.39, 0.29) is 0 Å². The molecule has 0 bridgehead atoms. The van der Waals surface area contributed by atoms with Crippen molar-refractivity contribution in [3.05, 3.63) is 41.2 Å². The Bertz CT molecular complexity index is 593. The molecule has 2 atom stereocenters. The summed E-state index contributed by atoms with van der Waals surface area (Å²) < 4.78 is 6.98. The van der Waals surface area contributed by atoms with Gasteiger partial charge in [-0.3, -0.25) is 0 Å². The molecule has 1 heteroatoms. The number of hydrogen-bond donors (Lipinski definition) is 0. The summed E-state index contributed by atoms with van der Waals surface area (Å²) in [6.45, 7) is 19.2. The van der Waals surface area contributed by atoms with Gasteiger partial charge in [-0.05, 0) is 0 Å². The third-order valence-electron chi connectivity index (χ3n) is 7.06. The van der Waals surface area contributed by atoms with Crippen molar-refractivity contribution in [2.75, 3.05) is 0 Å². The van der Waals surface area contributed by atoms with Gasteiger partial charge in [-0.2, -0.15) is 0 Å². The molecule has 1 fully saturated rings. The first-order valence-corrected chi connectivity index (χ1v) is 12.3. The van der Waals surface area contributed by atoms with E-state index in [0.717, 1.165) is 11.8 Å². The zero-order chi connectivity index (χ0) is 15.7. The maximum absolute atomic E-state index is 2.47. The molecule has 2 aliphatic carbocycles. The molecule has 114 valence electrons. The average molecular weight is 318 g/mol. The number of hydrogen-bond acceptors (Lipinski definition) is 0. The Morgan fingerprint density at radius 1 is 0.619 bits per heavy atom. The topological polar surface area (TPSA) is 0 Å². The Morgan fingerprint density at radius 2 is 0.952 bits per heavy atom. The van der Waals surface area contributed by atoms with Crippen LogP contribution < -0.4 is 0 Å². The minimum atomic E-state index is -1.93. The molecule has 21 heavy (non-hydrogen) atoms. The fourth-order valence-electron chi connectivity index (χ4n) is 5.08. The van der Waals surface area contributed by atoms with Gasteiger partial charge < -0.3 is 0 Å². The Balaban J connectivity index is 2.10. The predicted molar refractivity (Wildman–Crippen MR) is 90.1 cm³/mol. The number of rotatable bonds is 2. The minimum absolute atomic E-state index is 0.723. The maximum atomic E-state index is 2.47. The molecule has 0 spiro atoms. The van der Waals surface area contributed by atoms with E-state index in [1.54, 1.807) is 42.9 Å². The van der Waals surface area contributed by atoms with Gasteiger partial charge in [-0.15, -0.1) is 0 Å². The third kappa shape index (κ3) is 1.91. The third-order valence-corrected chi connectivity index (χ3v) is 15.1. The van der Waals surface area contributed by atoms with Crippen molar-refractivity contribution in [1.29, 1.82) is 0 Å². The summed E-state index contributed by atoms with van der Waals surface area (Å²) in [5.41, 5.74) is 9.83. The SMILES string of the molecule is CC1=C(C)C(C)[C]([Ti]2([C]3=C(C)C(C)=C(C)C3C)[CH2][CH2]2)=C1C. The van der Waals surface area contributed by atoms with Gasteiger partial charge in [-0.25, -0.2) is 0 Å². The van der Waals surface area contributed by atoms with Gasteiger partial charge in [0.1, 0.15) is 0 Å². The van der Waals surface area contributed by atoms with Crippen LogP contribution in [0.1, 0.15) is 55.4 Å². The van der Waals surface area contributed by atoms with E-state index in [1.807, 2.05) is 7.76 Å². The number of allylic oxidation sites excluding steroid dienone is 8. The van der Waals surface area contributed by atoms with Gasteiger partial charge in [0.2, 0.25) is 0 Å². The van der Waals surface area contributed by atoms with Crippen molar-refractivity contribution in [2.45, 2.75) is 64.8 Å². The molecule has 1 saturated heterocycles. The first-order valence-electron chi connectivity index (χ1n) is 8.52. The monoisotopic (exact) mass is 318 g/mol.